The maximum absolute atomic E-state index is 10.2. The van der Waals surface area contributed by atoms with E-state index in [9.17, 15) is 4.79 Å². The van der Waals surface area contributed by atoms with Crippen LogP contribution in [0.3, 0.4) is 0 Å². The standard InChI is InChI=1S/C7H14O6/c1-7(13,3-9)6(12)5(11)4(10)2-8/h3-6,8,10-13H,2H2,1H3/t4-,5-,6+,7-/m1/s1. The molecule has 0 unspecified atom stereocenters. The van der Waals surface area contributed by atoms with Crippen LogP contribution >= 0.6 is 0 Å². The number of carbonyl (C=O) groups is 1. The molecule has 0 bridgehead atoms. The van der Waals surface area contributed by atoms with Crippen LogP contribution in [0, 0.1) is 0 Å². The van der Waals surface area contributed by atoms with Crippen molar-refractivity contribution < 1.29 is 30.3 Å². The van der Waals surface area contributed by atoms with E-state index in [4.69, 9.17) is 25.5 Å². The molecule has 0 aliphatic heterocycles. The summed E-state index contributed by atoms with van der Waals surface area (Å²) in [7, 11) is 0. The molecule has 0 saturated heterocycles. The van der Waals surface area contributed by atoms with Gasteiger partial charge >= 0.3 is 0 Å². The molecule has 0 fully saturated rings. The summed E-state index contributed by atoms with van der Waals surface area (Å²) in [6.07, 6.45) is -5.16. The highest BCUT2D eigenvalue weighted by Gasteiger charge is 2.38. The summed E-state index contributed by atoms with van der Waals surface area (Å²) in [6, 6.07) is 0. The molecule has 4 atom stereocenters. The lowest BCUT2D eigenvalue weighted by Gasteiger charge is -2.29. The van der Waals surface area contributed by atoms with Crippen molar-refractivity contribution in [3.8, 4) is 0 Å². The molecule has 0 spiro atoms. The third-order valence-electron chi connectivity index (χ3n) is 1.74. The Morgan fingerprint density at radius 3 is 2.15 bits per heavy atom. The topological polar surface area (TPSA) is 118 Å². The Bertz CT molecular complexity index is 168. The Morgan fingerprint density at radius 2 is 1.85 bits per heavy atom. The van der Waals surface area contributed by atoms with Crippen molar-refractivity contribution in [3.63, 3.8) is 0 Å². The van der Waals surface area contributed by atoms with Crippen LogP contribution in [0.1, 0.15) is 6.92 Å². The van der Waals surface area contributed by atoms with Gasteiger partial charge < -0.3 is 30.3 Å². The van der Waals surface area contributed by atoms with E-state index in [0.29, 0.717) is 0 Å². The van der Waals surface area contributed by atoms with E-state index in [-0.39, 0.29) is 6.29 Å². The van der Waals surface area contributed by atoms with E-state index in [0.717, 1.165) is 6.92 Å². The molecule has 0 radical (unpaired) electrons. The Morgan fingerprint density at radius 1 is 1.38 bits per heavy atom. The molecule has 5 N–H and O–H groups in total. The first-order chi connectivity index (χ1) is 5.86. The first kappa shape index (κ1) is 12.5. The second kappa shape index (κ2) is 4.64. The molecule has 0 heterocycles. The average Bonchev–Trinajstić information content (AvgIpc) is 2.14. The predicted molar refractivity (Wildman–Crippen MR) is 41.8 cm³/mol. The predicted octanol–water partition coefficient (Wildman–Crippen LogP) is -2.99. The first-order valence-corrected chi connectivity index (χ1v) is 3.70. The third-order valence-corrected chi connectivity index (χ3v) is 1.74. The fraction of sp³-hybridized carbons (Fsp3) is 0.857. The summed E-state index contributed by atoms with van der Waals surface area (Å²) >= 11 is 0. The molecular weight excluding hydrogens is 180 g/mol. The Hall–Kier alpha value is -0.530. The lowest BCUT2D eigenvalue weighted by molar-refractivity contribution is -0.159. The summed E-state index contributed by atoms with van der Waals surface area (Å²) in [5.74, 6) is 0. The molecule has 0 rings (SSSR count). The minimum atomic E-state index is -2.14. The van der Waals surface area contributed by atoms with E-state index in [1.165, 1.54) is 0 Å². The van der Waals surface area contributed by atoms with Gasteiger partial charge in [0, 0.05) is 0 Å². The molecule has 0 aliphatic rings. The van der Waals surface area contributed by atoms with Crippen molar-refractivity contribution in [2.24, 2.45) is 0 Å². The summed E-state index contributed by atoms with van der Waals surface area (Å²) in [5.41, 5.74) is -2.14. The van der Waals surface area contributed by atoms with Crippen LogP contribution in [0.2, 0.25) is 0 Å². The smallest absolute Gasteiger partial charge is 0.154 e. The fourth-order valence-electron chi connectivity index (χ4n) is 0.734. The first-order valence-electron chi connectivity index (χ1n) is 3.70. The lowest BCUT2D eigenvalue weighted by atomic mass is 9.93. The van der Waals surface area contributed by atoms with Crippen LogP contribution in [0.25, 0.3) is 0 Å². The summed E-state index contributed by atoms with van der Waals surface area (Å²) < 4.78 is 0. The summed E-state index contributed by atoms with van der Waals surface area (Å²) in [6.45, 7) is 0.213. The van der Waals surface area contributed by atoms with Gasteiger partial charge in [-0.25, -0.2) is 0 Å². The van der Waals surface area contributed by atoms with Crippen LogP contribution < -0.4 is 0 Å². The highest BCUT2D eigenvalue weighted by atomic mass is 16.4. The van der Waals surface area contributed by atoms with Crippen LogP contribution in [0.5, 0.6) is 0 Å². The molecule has 0 aromatic carbocycles. The highest BCUT2D eigenvalue weighted by Crippen LogP contribution is 2.12. The monoisotopic (exact) mass is 194 g/mol. The van der Waals surface area contributed by atoms with Crippen molar-refractivity contribution in [2.75, 3.05) is 6.61 Å². The van der Waals surface area contributed by atoms with Gasteiger partial charge in [0.1, 0.15) is 23.9 Å². The van der Waals surface area contributed by atoms with Crippen molar-refractivity contribution in [2.45, 2.75) is 30.8 Å². The van der Waals surface area contributed by atoms with Crippen LogP contribution in [0.4, 0.5) is 0 Å². The number of rotatable bonds is 5. The van der Waals surface area contributed by atoms with Gasteiger partial charge in [-0.1, -0.05) is 0 Å². The van der Waals surface area contributed by atoms with Crippen LogP contribution in [-0.2, 0) is 4.79 Å². The number of aliphatic hydroxyl groups is 5. The second-order valence-electron chi connectivity index (χ2n) is 3.03. The molecule has 0 aliphatic carbocycles. The second-order valence-corrected chi connectivity index (χ2v) is 3.03. The Kier molecular flexibility index (Phi) is 4.45. The zero-order valence-electron chi connectivity index (χ0n) is 7.16. The lowest BCUT2D eigenvalue weighted by Crippen LogP contribution is -2.53. The van der Waals surface area contributed by atoms with Crippen molar-refractivity contribution in [1.82, 2.24) is 0 Å². The Labute approximate surface area is 75.1 Å². The maximum Gasteiger partial charge on any atom is 0.154 e. The van der Waals surface area contributed by atoms with Gasteiger partial charge in [-0.2, -0.15) is 0 Å². The van der Waals surface area contributed by atoms with Gasteiger partial charge in [0.25, 0.3) is 0 Å². The van der Waals surface area contributed by atoms with Gasteiger partial charge in [-0.3, -0.25) is 0 Å². The number of carbonyl (C=O) groups excluding carboxylic acids is 1. The van der Waals surface area contributed by atoms with Gasteiger partial charge in [0.2, 0.25) is 0 Å². The average molecular weight is 194 g/mol. The van der Waals surface area contributed by atoms with Gasteiger partial charge in [0.15, 0.2) is 6.29 Å². The van der Waals surface area contributed by atoms with E-state index < -0.39 is 30.5 Å². The molecule has 6 nitrogen and oxygen atoms in total. The van der Waals surface area contributed by atoms with E-state index in [2.05, 4.69) is 0 Å². The van der Waals surface area contributed by atoms with E-state index >= 15 is 0 Å². The quantitative estimate of drug-likeness (QED) is 0.298. The molecule has 0 aromatic heterocycles. The number of aldehydes is 1. The number of hydrogen-bond acceptors (Lipinski definition) is 6. The molecule has 0 saturated carbocycles. The Balaban J connectivity index is 4.40. The van der Waals surface area contributed by atoms with Gasteiger partial charge in [-0.05, 0) is 6.92 Å². The zero-order valence-corrected chi connectivity index (χ0v) is 7.16. The summed E-state index contributed by atoms with van der Waals surface area (Å²) in [4.78, 5) is 10.2. The van der Waals surface area contributed by atoms with E-state index in [1.807, 2.05) is 0 Å². The number of aliphatic hydroxyl groups excluding tert-OH is 4. The fourth-order valence-corrected chi connectivity index (χ4v) is 0.734. The molecule has 0 amide bonds. The largest absolute Gasteiger partial charge is 0.394 e. The maximum atomic E-state index is 10.2. The minimum absolute atomic E-state index is 0.0466. The molecule has 13 heavy (non-hydrogen) atoms. The highest BCUT2D eigenvalue weighted by molar-refractivity contribution is 5.62. The van der Waals surface area contributed by atoms with Gasteiger partial charge in [0.05, 0.1) is 6.61 Å². The molecule has 6 heteroatoms. The van der Waals surface area contributed by atoms with Crippen molar-refractivity contribution in [1.29, 1.82) is 0 Å². The summed E-state index contributed by atoms with van der Waals surface area (Å²) in [5, 5.41) is 44.6. The minimum Gasteiger partial charge on any atom is -0.394 e. The molecule has 78 valence electrons. The SMILES string of the molecule is C[C@@](O)(C=O)[C@@H](O)[C@H](O)[C@H](O)CO. The zero-order chi connectivity index (χ0) is 10.6. The van der Waals surface area contributed by atoms with Crippen LogP contribution in [0.15, 0.2) is 0 Å². The van der Waals surface area contributed by atoms with Crippen molar-refractivity contribution in [3.05, 3.63) is 0 Å². The molecular formula is C7H14O6. The third kappa shape index (κ3) is 3.02. The number of hydrogen-bond donors (Lipinski definition) is 5. The normalized spacial score (nSPS) is 22.9. The van der Waals surface area contributed by atoms with Crippen LogP contribution in [-0.4, -0.2) is 62.3 Å². The molecule has 0 aromatic rings. The van der Waals surface area contributed by atoms with E-state index in [1.54, 1.807) is 0 Å². The van der Waals surface area contributed by atoms with Crippen molar-refractivity contribution >= 4 is 6.29 Å². The van der Waals surface area contributed by atoms with Gasteiger partial charge in [-0.15, -0.1) is 0 Å².